The van der Waals surface area contributed by atoms with Gasteiger partial charge >= 0.3 is 0 Å². The number of aromatic nitrogens is 2. The Balaban J connectivity index is 2.67. The zero-order valence-corrected chi connectivity index (χ0v) is 13.1. The summed E-state index contributed by atoms with van der Waals surface area (Å²) in [6.45, 7) is 9.96. The molecule has 1 aromatic rings. The van der Waals surface area contributed by atoms with Gasteiger partial charge in [-0.15, -0.1) is 11.6 Å². The summed E-state index contributed by atoms with van der Waals surface area (Å²) in [5.41, 5.74) is 1.94. The second-order valence-electron chi connectivity index (χ2n) is 5.02. The molecule has 1 aromatic heterocycles. The Hall–Kier alpha value is -0.250. The number of nitrogens with one attached hydrogen (secondary N) is 1. The fourth-order valence-corrected chi connectivity index (χ4v) is 2.49. The average molecular weight is 292 g/mol. The van der Waals surface area contributed by atoms with E-state index < -0.39 is 0 Å². The van der Waals surface area contributed by atoms with Crippen molar-refractivity contribution in [3.8, 4) is 0 Å². The topological polar surface area (TPSA) is 29.9 Å². The molecule has 0 saturated carbocycles. The normalized spacial score (nSPS) is 13.3. The summed E-state index contributed by atoms with van der Waals surface area (Å²) in [5, 5.41) is 8.64. The quantitative estimate of drug-likeness (QED) is 0.778. The van der Waals surface area contributed by atoms with Crippen LogP contribution in [0.4, 0.5) is 0 Å². The Morgan fingerprint density at radius 2 is 2.06 bits per heavy atom. The van der Waals surface area contributed by atoms with E-state index in [9.17, 15) is 0 Å². The standard InChI is InChI=1S/C13H23Cl2N3/c1-5-18-12(13(15)10(4)17-18)8-16-11(7-14)6-9(2)3/h9,11,16H,5-8H2,1-4H3. The third kappa shape index (κ3) is 4.15. The predicted molar refractivity (Wildman–Crippen MR) is 78.5 cm³/mol. The van der Waals surface area contributed by atoms with Gasteiger partial charge in [-0.2, -0.15) is 5.10 Å². The van der Waals surface area contributed by atoms with Gasteiger partial charge in [0, 0.05) is 25.0 Å². The van der Waals surface area contributed by atoms with Crippen molar-refractivity contribution in [2.75, 3.05) is 5.88 Å². The van der Waals surface area contributed by atoms with Crippen molar-refractivity contribution >= 4 is 23.2 Å². The van der Waals surface area contributed by atoms with Crippen LogP contribution in [0.5, 0.6) is 0 Å². The average Bonchev–Trinajstić information content (AvgIpc) is 2.60. The van der Waals surface area contributed by atoms with Gasteiger partial charge in [-0.3, -0.25) is 4.68 Å². The molecule has 5 heteroatoms. The Kier molecular flexibility index (Phi) is 6.47. The van der Waals surface area contributed by atoms with Crippen LogP contribution in [-0.2, 0) is 13.1 Å². The molecule has 104 valence electrons. The zero-order valence-electron chi connectivity index (χ0n) is 11.6. The maximum Gasteiger partial charge on any atom is 0.0860 e. The zero-order chi connectivity index (χ0) is 13.7. The molecule has 0 aromatic carbocycles. The molecule has 3 nitrogen and oxygen atoms in total. The number of hydrogen-bond donors (Lipinski definition) is 1. The molecule has 0 bridgehead atoms. The highest BCUT2D eigenvalue weighted by Gasteiger charge is 2.15. The van der Waals surface area contributed by atoms with Gasteiger partial charge in [-0.25, -0.2) is 0 Å². The lowest BCUT2D eigenvalue weighted by atomic mass is 10.1. The first-order chi connectivity index (χ1) is 8.49. The van der Waals surface area contributed by atoms with E-state index >= 15 is 0 Å². The van der Waals surface area contributed by atoms with Crippen molar-refractivity contribution in [3.63, 3.8) is 0 Å². The summed E-state index contributed by atoms with van der Waals surface area (Å²) < 4.78 is 1.95. The lowest BCUT2D eigenvalue weighted by molar-refractivity contribution is 0.436. The van der Waals surface area contributed by atoms with Crippen molar-refractivity contribution < 1.29 is 0 Å². The van der Waals surface area contributed by atoms with Crippen molar-refractivity contribution in [2.24, 2.45) is 5.92 Å². The maximum absolute atomic E-state index is 6.27. The monoisotopic (exact) mass is 291 g/mol. The lowest BCUT2D eigenvalue weighted by Crippen LogP contribution is -2.32. The first-order valence-corrected chi connectivity index (χ1v) is 7.41. The van der Waals surface area contributed by atoms with Gasteiger partial charge < -0.3 is 5.32 Å². The molecular formula is C13H23Cl2N3. The summed E-state index contributed by atoms with van der Waals surface area (Å²) in [7, 11) is 0. The first-order valence-electron chi connectivity index (χ1n) is 6.50. The highest BCUT2D eigenvalue weighted by molar-refractivity contribution is 6.31. The van der Waals surface area contributed by atoms with Crippen LogP contribution in [0.2, 0.25) is 5.02 Å². The number of rotatable bonds is 7. The minimum Gasteiger partial charge on any atom is -0.307 e. The molecule has 0 radical (unpaired) electrons. The van der Waals surface area contributed by atoms with Gasteiger partial charge in [-0.05, 0) is 26.2 Å². The van der Waals surface area contributed by atoms with Gasteiger partial charge in [0.25, 0.3) is 0 Å². The molecule has 1 atom stereocenters. The fourth-order valence-electron chi connectivity index (χ4n) is 2.05. The van der Waals surface area contributed by atoms with Crippen LogP contribution in [0.1, 0.15) is 38.6 Å². The summed E-state index contributed by atoms with van der Waals surface area (Å²) in [5.74, 6) is 1.25. The minimum atomic E-state index is 0.322. The highest BCUT2D eigenvalue weighted by Crippen LogP contribution is 2.20. The van der Waals surface area contributed by atoms with Gasteiger partial charge in [0.1, 0.15) is 0 Å². The molecule has 0 fully saturated rings. The van der Waals surface area contributed by atoms with E-state index in [0.717, 1.165) is 35.9 Å². The van der Waals surface area contributed by atoms with Crippen LogP contribution < -0.4 is 5.32 Å². The van der Waals surface area contributed by atoms with Crippen LogP contribution >= 0.6 is 23.2 Å². The van der Waals surface area contributed by atoms with Gasteiger partial charge in [0.05, 0.1) is 16.4 Å². The largest absolute Gasteiger partial charge is 0.307 e. The van der Waals surface area contributed by atoms with Crippen LogP contribution in [-0.4, -0.2) is 21.7 Å². The SMILES string of the molecule is CCn1nc(C)c(Cl)c1CNC(CCl)CC(C)C. The molecule has 18 heavy (non-hydrogen) atoms. The second kappa shape index (κ2) is 7.37. The summed E-state index contributed by atoms with van der Waals surface area (Å²) in [6.07, 6.45) is 1.07. The molecule has 0 aliphatic rings. The minimum absolute atomic E-state index is 0.322. The Morgan fingerprint density at radius 3 is 2.56 bits per heavy atom. The molecule has 0 saturated heterocycles. The van der Waals surface area contributed by atoms with E-state index in [1.807, 2.05) is 11.6 Å². The summed E-state index contributed by atoms with van der Waals surface area (Å²) in [6, 6.07) is 0.322. The van der Waals surface area contributed by atoms with E-state index in [4.69, 9.17) is 23.2 Å². The van der Waals surface area contributed by atoms with Gasteiger partial charge in [-0.1, -0.05) is 25.4 Å². The number of halogens is 2. The molecule has 1 unspecified atom stereocenters. The molecule has 0 aliphatic carbocycles. The Labute approximate surface area is 120 Å². The summed E-state index contributed by atoms with van der Waals surface area (Å²) in [4.78, 5) is 0. The fraction of sp³-hybridized carbons (Fsp3) is 0.769. The van der Waals surface area contributed by atoms with E-state index in [0.29, 0.717) is 17.8 Å². The molecular weight excluding hydrogens is 269 g/mol. The van der Waals surface area contributed by atoms with Crippen LogP contribution in [0.15, 0.2) is 0 Å². The molecule has 0 aliphatic heterocycles. The number of aryl methyl sites for hydroxylation is 2. The van der Waals surface area contributed by atoms with Gasteiger partial charge in [0.2, 0.25) is 0 Å². The van der Waals surface area contributed by atoms with Crippen LogP contribution in [0.3, 0.4) is 0 Å². The second-order valence-corrected chi connectivity index (χ2v) is 5.71. The number of alkyl halides is 1. The molecule has 0 spiro atoms. The highest BCUT2D eigenvalue weighted by atomic mass is 35.5. The van der Waals surface area contributed by atoms with Crippen LogP contribution in [0, 0.1) is 12.8 Å². The number of hydrogen-bond acceptors (Lipinski definition) is 2. The van der Waals surface area contributed by atoms with E-state index in [1.54, 1.807) is 0 Å². The molecule has 0 amide bonds. The maximum atomic E-state index is 6.27. The van der Waals surface area contributed by atoms with Gasteiger partial charge in [0.15, 0.2) is 0 Å². The van der Waals surface area contributed by atoms with Crippen molar-refractivity contribution in [3.05, 3.63) is 16.4 Å². The van der Waals surface area contributed by atoms with Crippen molar-refractivity contribution in [1.82, 2.24) is 15.1 Å². The van der Waals surface area contributed by atoms with E-state index in [-0.39, 0.29) is 0 Å². The predicted octanol–water partition coefficient (Wildman–Crippen LogP) is 3.61. The first kappa shape index (κ1) is 15.8. The van der Waals surface area contributed by atoms with Crippen molar-refractivity contribution in [2.45, 2.75) is 53.2 Å². The lowest BCUT2D eigenvalue weighted by Gasteiger charge is -2.18. The third-order valence-electron chi connectivity index (χ3n) is 2.95. The van der Waals surface area contributed by atoms with Crippen molar-refractivity contribution in [1.29, 1.82) is 0 Å². The third-order valence-corrected chi connectivity index (χ3v) is 3.82. The summed E-state index contributed by atoms with van der Waals surface area (Å²) >= 11 is 12.2. The molecule has 1 heterocycles. The Morgan fingerprint density at radius 1 is 1.39 bits per heavy atom. The smallest absolute Gasteiger partial charge is 0.0860 e. The number of nitrogens with zero attached hydrogens (tertiary/aromatic N) is 2. The Bertz CT molecular complexity index is 375. The van der Waals surface area contributed by atoms with E-state index in [2.05, 4.69) is 31.2 Å². The molecule has 1 N–H and O–H groups in total. The van der Waals surface area contributed by atoms with Crippen LogP contribution in [0.25, 0.3) is 0 Å². The molecule has 1 rings (SSSR count). The van der Waals surface area contributed by atoms with E-state index in [1.165, 1.54) is 0 Å².